The van der Waals surface area contributed by atoms with Crippen LogP contribution in [0.1, 0.15) is 14.9 Å². The van der Waals surface area contributed by atoms with E-state index in [1.165, 1.54) is 10.8 Å². The second-order valence-electron chi connectivity index (χ2n) is 0.200. The second-order valence-corrected chi connectivity index (χ2v) is 0.600. The molecule has 0 rings (SSSR count). The van der Waals surface area contributed by atoms with Crippen LogP contribution in [0.3, 0.4) is 0 Å². The molecule has 0 spiro atoms. The van der Waals surface area contributed by atoms with Crippen LogP contribution < -0.4 is 0 Å². The lowest BCUT2D eigenvalue weighted by Gasteiger charge is -1.14. The van der Waals surface area contributed by atoms with Crippen LogP contribution in [0.2, 0.25) is 0 Å². The summed E-state index contributed by atoms with van der Waals surface area (Å²) in [5.74, 6) is 0. The van der Waals surface area contributed by atoms with Gasteiger partial charge >= 0.3 is 0 Å². The van der Waals surface area contributed by atoms with Gasteiger partial charge in [-0.05, 0) is 0 Å². The van der Waals surface area contributed by atoms with Gasteiger partial charge in [-0.2, -0.15) is 10.5 Å². The van der Waals surface area contributed by atoms with E-state index in [2.05, 4.69) is 25.3 Å². The fourth-order valence-electron chi connectivity index (χ4n) is 0. The molecule has 0 atom stereocenters. The van der Waals surface area contributed by atoms with Gasteiger partial charge in [0.25, 0.3) is 0 Å². The number of hydrogen-bond acceptors (Lipinski definition) is 4. The van der Waals surface area contributed by atoms with Crippen LogP contribution in [-0.2, 0) is 0 Å². The van der Waals surface area contributed by atoms with E-state index in [-0.39, 0.29) is 14.9 Å². The number of thiol groups is 2. The molecule has 0 aliphatic carbocycles. The average molecular weight is 150 g/mol. The summed E-state index contributed by atoms with van der Waals surface area (Å²) >= 11 is 6.19. The van der Waals surface area contributed by atoms with Crippen molar-refractivity contribution in [3.63, 3.8) is 0 Å². The van der Waals surface area contributed by atoms with Crippen molar-refractivity contribution in [3.8, 4) is 10.8 Å². The fraction of sp³-hybridized carbons (Fsp3) is 0.500. The molecule has 48 valence electrons. The number of hydrogen-bond donors (Lipinski definition) is 2. The lowest BCUT2D eigenvalue weighted by Crippen LogP contribution is -0.961. The minimum Gasteiger partial charge on any atom is -0.185 e. The first-order chi connectivity index (χ1) is 2.83. The molecule has 0 fully saturated rings. The summed E-state index contributed by atoms with van der Waals surface area (Å²) in [4.78, 5) is 0. The molecule has 0 N–H and O–H groups in total. The summed E-state index contributed by atoms with van der Waals surface area (Å²) in [6, 6.07) is 0. The van der Waals surface area contributed by atoms with Crippen molar-refractivity contribution >= 4 is 25.3 Å². The molecule has 2 nitrogen and oxygen atoms in total. The number of nitriles is 2. The van der Waals surface area contributed by atoms with Crippen molar-refractivity contribution in [2.75, 3.05) is 0 Å². The Bertz CT molecular complexity index is 67.0. The maximum atomic E-state index is 7.18. The Balaban J connectivity index is -0.0000000160. The van der Waals surface area contributed by atoms with Gasteiger partial charge in [0.2, 0.25) is 0 Å². The SMILES string of the molecule is C.C.N#CS.N#CS. The molecular formula is C4H10N2S2. The normalized spacial score (nSPS) is 2.00. The third-order valence-corrected chi connectivity index (χ3v) is 0. The van der Waals surface area contributed by atoms with Crippen LogP contribution in [0.4, 0.5) is 0 Å². The van der Waals surface area contributed by atoms with Gasteiger partial charge in [-0.15, -0.1) is 0 Å². The summed E-state index contributed by atoms with van der Waals surface area (Å²) in [6.45, 7) is 0. The topological polar surface area (TPSA) is 47.6 Å². The molecule has 0 saturated carbocycles. The Morgan fingerprint density at radius 3 is 0.875 bits per heavy atom. The van der Waals surface area contributed by atoms with E-state index in [0.717, 1.165) is 0 Å². The fourth-order valence-corrected chi connectivity index (χ4v) is 0. The van der Waals surface area contributed by atoms with Gasteiger partial charge in [0.05, 0.1) is 0 Å². The zero-order chi connectivity index (χ0) is 5.41. The molecule has 0 aromatic rings. The Labute approximate surface area is 61.9 Å². The molecular weight excluding hydrogens is 140 g/mol. The van der Waals surface area contributed by atoms with Gasteiger partial charge in [-0.1, -0.05) is 40.1 Å². The second kappa shape index (κ2) is 76.4. The lowest BCUT2D eigenvalue weighted by atomic mass is 11.8. The monoisotopic (exact) mass is 150 g/mol. The molecule has 0 unspecified atom stereocenters. The van der Waals surface area contributed by atoms with Gasteiger partial charge in [-0.3, -0.25) is 0 Å². The molecule has 0 aliphatic rings. The van der Waals surface area contributed by atoms with Crippen molar-refractivity contribution in [2.45, 2.75) is 14.9 Å². The molecule has 0 aromatic heterocycles. The van der Waals surface area contributed by atoms with Crippen LogP contribution >= 0.6 is 25.3 Å². The highest BCUT2D eigenvalue weighted by atomic mass is 32.1. The largest absolute Gasteiger partial charge is 0.185 e. The summed E-state index contributed by atoms with van der Waals surface area (Å²) in [7, 11) is 0. The summed E-state index contributed by atoms with van der Waals surface area (Å²) in [5.41, 5.74) is 0. The maximum absolute atomic E-state index is 7.18. The molecule has 0 radical (unpaired) electrons. The predicted octanol–water partition coefficient (Wildman–Crippen LogP) is 2.07. The Morgan fingerprint density at radius 1 is 0.875 bits per heavy atom. The minimum absolute atomic E-state index is 0. The van der Waals surface area contributed by atoms with E-state index in [1.54, 1.807) is 0 Å². The minimum atomic E-state index is 0. The summed E-state index contributed by atoms with van der Waals surface area (Å²) < 4.78 is 0. The van der Waals surface area contributed by atoms with Gasteiger partial charge in [0, 0.05) is 0 Å². The lowest BCUT2D eigenvalue weighted by molar-refractivity contribution is 1.57. The van der Waals surface area contributed by atoms with E-state index in [9.17, 15) is 0 Å². The van der Waals surface area contributed by atoms with Gasteiger partial charge in [0.1, 0.15) is 10.8 Å². The smallest absolute Gasteiger partial charge is 0.130 e. The molecule has 0 aliphatic heterocycles. The van der Waals surface area contributed by atoms with Crippen LogP contribution in [-0.4, -0.2) is 0 Å². The highest BCUT2D eigenvalue weighted by Crippen LogP contribution is 1.46. The van der Waals surface area contributed by atoms with Crippen LogP contribution in [0.5, 0.6) is 0 Å². The molecule has 0 saturated heterocycles. The Morgan fingerprint density at radius 2 is 0.875 bits per heavy atom. The molecule has 0 amide bonds. The van der Waals surface area contributed by atoms with Gasteiger partial charge < -0.3 is 0 Å². The van der Waals surface area contributed by atoms with Crippen LogP contribution in [0, 0.1) is 21.3 Å². The van der Waals surface area contributed by atoms with E-state index >= 15 is 0 Å². The van der Waals surface area contributed by atoms with Crippen molar-refractivity contribution in [1.82, 2.24) is 0 Å². The van der Waals surface area contributed by atoms with E-state index in [4.69, 9.17) is 10.5 Å². The molecule has 4 heteroatoms. The van der Waals surface area contributed by atoms with E-state index in [0.29, 0.717) is 0 Å². The average Bonchev–Trinajstić information content (AvgIpc) is 1.39. The standard InChI is InChI=1S/2CHNS.2CH4/c2*2-1-3;;/h2*3H;2*1H4. The quantitative estimate of drug-likeness (QED) is 0.410. The molecule has 0 aromatic carbocycles. The van der Waals surface area contributed by atoms with Crippen molar-refractivity contribution in [3.05, 3.63) is 0 Å². The maximum Gasteiger partial charge on any atom is 0.130 e. The number of thiocyanates is 2. The highest BCUT2D eigenvalue weighted by molar-refractivity contribution is 7.85. The number of rotatable bonds is 0. The van der Waals surface area contributed by atoms with Crippen molar-refractivity contribution in [1.29, 1.82) is 10.5 Å². The molecule has 0 bridgehead atoms. The van der Waals surface area contributed by atoms with Crippen molar-refractivity contribution < 1.29 is 0 Å². The first-order valence-corrected chi connectivity index (χ1v) is 1.79. The summed E-state index contributed by atoms with van der Waals surface area (Å²) in [5, 5.41) is 17.3. The Hall–Kier alpha value is -0.320. The van der Waals surface area contributed by atoms with E-state index < -0.39 is 0 Å². The highest BCUT2D eigenvalue weighted by Gasteiger charge is 1.18. The predicted molar refractivity (Wildman–Crippen MR) is 42.7 cm³/mol. The van der Waals surface area contributed by atoms with Crippen LogP contribution in [0.25, 0.3) is 0 Å². The van der Waals surface area contributed by atoms with Gasteiger partial charge in [-0.25, -0.2) is 0 Å². The third-order valence-electron chi connectivity index (χ3n) is 0. The van der Waals surface area contributed by atoms with E-state index in [1.807, 2.05) is 0 Å². The zero-order valence-electron chi connectivity index (χ0n) is 2.79. The third kappa shape index (κ3) is 1210. The first-order valence-electron chi connectivity index (χ1n) is 0.894. The van der Waals surface area contributed by atoms with Crippen LogP contribution in [0.15, 0.2) is 0 Å². The zero-order valence-corrected chi connectivity index (χ0v) is 4.58. The summed E-state index contributed by atoms with van der Waals surface area (Å²) in [6.07, 6.45) is 0. The van der Waals surface area contributed by atoms with Crippen molar-refractivity contribution in [2.24, 2.45) is 0 Å². The number of nitrogens with zero attached hydrogens (tertiary/aromatic N) is 2. The molecule has 8 heavy (non-hydrogen) atoms. The molecule has 0 heterocycles. The first kappa shape index (κ1) is 25.3. The van der Waals surface area contributed by atoms with Gasteiger partial charge in [0.15, 0.2) is 0 Å². The Kier molecular flexibility index (Phi) is 242.